The van der Waals surface area contributed by atoms with Crippen LogP contribution in [0.5, 0.6) is 0 Å². The molecule has 0 aliphatic heterocycles. The average Bonchev–Trinajstić information content (AvgIpc) is 2.59. The maximum absolute atomic E-state index is 6.10. The monoisotopic (exact) mass is 274 g/mol. The van der Waals surface area contributed by atoms with Gasteiger partial charge in [-0.3, -0.25) is 0 Å². The van der Waals surface area contributed by atoms with Crippen molar-refractivity contribution in [1.82, 2.24) is 14.5 Å². The lowest BCUT2D eigenvalue weighted by Gasteiger charge is -2.18. The maximum atomic E-state index is 6.10. The lowest BCUT2D eigenvalue weighted by atomic mass is 10.0. The zero-order valence-electron chi connectivity index (χ0n) is 13.5. The Morgan fingerprint density at radius 3 is 2.30 bits per heavy atom. The number of hydrogen-bond donors (Lipinski definition) is 1. The van der Waals surface area contributed by atoms with Gasteiger partial charge in [0.2, 0.25) is 0 Å². The minimum absolute atomic E-state index is 0.433. The number of nitrogen functional groups attached to an aromatic ring is 1. The second kappa shape index (κ2) is 5.43. The van der Waals surface area contributed by atoms with E-state index in [1.165, 1.54) is 17.7 Å². The van der Waals surface area contributed by atoms with Crippen molar-refractivity contribution in [2.75, 3.05) is 5.73 Å². The third kappa shape index (κ3) is 2.51. The Labute approximate surface area is 121 Å². The van der Waals surface area contributed by atoms with Crippen molar-refractivity contribution in [3.8, 4) is 0 Å². The van der Waals surface area contributed by atoms with E-state index in [9.17, 15) is 0 Å². The van der Waals surface area contributed by atoms with Crippen molar-refractivity contribution in [1.29, 1.82) is 0 Å². The van der Waals surface area contributed by atoms with Crippen LogP contribution in [0.3, 0.4) is 0 Å². The van der Waals surface area contributed by atoms with Crippen molar-refractivity contribution in [2.45, 2.75) is 60.4 Å². The molecule has 2 heterocycles. The van der Waals surface area contributed by atoms with E-state index in [-0.39, 0.29) is 0 Å². The Morgan fingerprint density at radius 2 is 1.70 bits per heavy atom. The molecule has 20 heavy (non-hydrogen) atoms. The van der Waals surface area contributed by atoms with E-state index in [1.54, 1.807) is 0 Å². The van der Waals surface area contributed by atoms with Gasteiger partial charge in [-0.15, -0.1) is 0 Å². The number of aromatic nitrogens is 3. The van der Waals surface area contributed by atoms with E-state index in [4.69, 9.17) is 5.73 Å². The van der Waals surface area contributed by atoms with Gasteiger partial charge < -0.3 is 10.3 Å². The Hall–Kier alpha value is -1.58. The molecule has 0 amide bonds. The molecule has 0 saturated heterocycles. The third-order valence-corrected chi connectivity index (χ3v) is 4.14. The molecule has 0 aliphatic rings. The quantitative estimate of drug-likeness (QED) is 0.918. The van der Waals surface area contributed by atoms with Crippen LogP contribution in [0, 0.1) is 26.7 Å². The second-order valence-electron chi connectivity index (χ2n) is 6.26. The minimum Gasteiger partial charge on any atom is -0.383 e. The number of fused-ring (bicyclic) bond motifs is 1. The molecule has 4 heteroatoms. The van der Waals surface area contributed by atoms with Gasteiger partial charge >= 0.3 is 0 Å². The van der Waals surface area contributed by atoms with Crippen LogP contribution in [-0.2, 0) is 0 Å². The lowest BCUT2D eigenvalue weighted by Crippen LogP contribution is -2.09. The van der Waals surface area contributed by atoms with E-state index < -0.39 is 0 Å². The van der Waals surface area contributed by atoms with Gasteiger partial charge in [0.1, 0.15) is 17.3 Å². The van der Waals surface area contributed by atoms with Crippen LogP contribution >= 0.6 is 0 Å². The fourth-order valence-corrected chi connectivity index (χ4v) is 2.88. The molecule has 0 aromatic carbocycles. The van der Waals surface area contributed by atoms with Gasteiger partial charge in [0.15, 0.2) is 0 Å². The van der Waals surface area contributed by atoms with Gasteiger partial charge in [-0.2, -0.15) is 0 Å². The van der Waals surface area contributed by atoms with E-state index in [1.807, 2.05) is 6.92 Å². The zero-order chi connectivity index (χ0) is 15.0. The van der Waals surface area contributed by atoms with Crippen LogP contribution < -0.4 is 5.73 Å². The summed E-state index contributed by atoms with van der Waals surface area (Å²) in [6.07, 6.45) is 2.38. The molecular formula is C16H26N4. The molecule has 0 fully saturated rings. The van der Waals surface area contributed by atoms with Crippen molar-refractivity contribution in [2.24, 2.45) is 5.92 Å². The molecule has 2 aromatic heterocycles. The van der Waals surface area contributed by atoms with Crippen LogP contribution in [0.1, 0.15) is 56.7 Å². The SMILES string of the molecule is Cc1nc(N)c2c(C)c(C)n(C(C)CCC(C)C)c2n1. The van der Waals surface area contributed by atoms with Gasteiger partial charge in [0.05, 0.1) is 5.39 Å². The summed E-state index contributed by atoms with van der Waals surface area (Å²) in [5, 5.41) is 1.02. The molecule has 2 rings (SSSR count). The maximum Gasteiger partial charge on any atom is 0.146 e. The lowest BCUT2D eigenvalue weighted by molar-refractivity contribution is 0.441. The Morgan fingerprint density at radius 1 is 1.05 bits per heavy atom. The summed E-state index contributed by atoms with van der Waals surface area (Å²) >= 11 is 0. The predicted octanol–water partition coefficient (Wildman–Crippen LogP) is 3.94. The first-order chi connectivity index (χ1) is 9.32. The number of nitrogens with two attached hydrogens (primary N) is 1. The summed E-state index contributed by atoms with van der Waals surface area (Å²) in [6, 6.07) is 0.433. The third-order valence-electron chi connectivity index (χ3n) is 4.14. The number of nitrogens with zero attached hydrogens (tertiary/aromatic N) is 3. The molecule has 2 N–H and O–H groups in total. The molecule has 0 radical (unpaired) electrons. The smallest absolute Gasteiger partial charge is 0.146 e. The van der Waals surface area contributed by atoms with E-state index in [0.29, 0.717) is 11.9 Å². The first-order valence-corrected chi connectivity index (χ1v) is 7.44. The van der Waals surface area contributed by atoms with Crippen molar-refractivity contribution in [3.63, 3.8) is 0 Å². The molecule has 4 nitrogen and oxygen atoms in total. The van der Waals surface area contributed by atoms with Gasteiger partial charge in [-0.05, 0) is 52.0 Å². The standard InChI is InChI=1S/C16H26N4/c1-9(2)7-8-10(3)20-12(5)11(4)14-15(17)18-13(6)19-16(14)20/h9-10H,7-8H2,1-6H3,(H2,17,18,19). The fraction of sp³-hybridized carbons (Fsp3) is 0.625. The van der Waals surface area contributed by atoms with E-state index in [0.717, 1.165) is 29.2 Å². The molecule has 0 bridgehead atoms. The summed E-state index contributed by atoms with van der Waals surface area (Å²) in [4.78, 5) is 8.94. The first-order valence-electron chi connectivity index (χ1n) is 7.44. The molecule has 1 unspecified atom stereocenters. The first kappa shape index (κ1) is 14.8. The molecule has 2 aromatic rings. The van der Waals surface area contributed by atoms with Crippen molar-refractivity contribution in [3.05, 3.63) is 17.1 Å². The van der Waals surface area contributed by atoms with Gasteiger partial charge in [0.25, 0.3) is 0 Å². The Balaban J connectivity index is 2.55. The summed E-state index contributed by atoms with van der Waals surface area (Å²) in [5.74, 6) is 2.06. The molecular weight excluding hydrogens is 248 g/mol. The van der Waals surface area contributed by atoms with Crippen molar-refractivity contribution < 1.29 is 0 Å². The van der Waals surface area contributed by atoms with E-state index >= 15 is 0 Å². The number of hydrogen-bond acceptors (Lipinski definition) is 3. The summed E-state index contributed by atoms with van der Waals surface area (Å²) in [6.45, 7) is 13.0. The largest absolute Gasteiger partial charge is 0.383 e. The fourth-order valence-electron chi connectivity index (χ4n) is 2.88. The number of anilines is 1. The number of rotatable bonds is 4. The van der Waals surface area contributed by atoms with Crippen LogP contribution in [0.4, 0.5) is 5.82 Å². The molecule has 0 aliphatic carbocycles. The summed E-state index contributed by atoms with van der Waals surface area (Å²) < 4.78 is 2.33. The molecule has 1 atom stereocenters. The highest BCUT2D eigenvalue weighted by molar-refractivity contribution is 5.91. The summed E-state index contributed by atoms with van der Waals surface area (Å²) in [7, 11) is 0. The Kier molecular flexibility index (Phi) is 4.02. The Bertz CT molecular complexity index is 625. The normalized spacial score (nSPS) is 13.3. The predicted molar refractivity (Wildman–Crippen MR) is 84.9 cm³/mol. The molecule has 0 spiro atoms. The highest BCUT2D eigenvalue weighted by Crippen LogP contribution is 2.32. The van der Waals surface area contributed by atoms with E-state index in [2.05, 4.69) is 49.2 Å². The van der Waals surface area contributed by atoms with Crippen molar-refractivity contribution >= 4 is 16.9 Å². The number of aryl methyl sites for hydroxylation is 2. The molecule has 110 valence electrons. The summed E-state index contributed by atoms with van der Waals surface area (Å²) in [5.41, 5.74) is 9.54. The van der Waals surface area contributed by atoms with Gasteiger partial charge in [-0.25, -0.2) is 9.97 Å². The van der Waals surface area contributed by atoms with Crippen LogP contribution in [-0.4, -0.2) is 14.5 Å². The van der Waals surface area contributed by atoms with Crippen LogP contribution in [0.2, 0.25) is 0 Å². The highest BCUT2D eigenvalue weighted by atomic mass is 15.1. The van der Waals surface area contributed by atoms with Gasteiger partial charge in [-0.1, -0.05) is 13.8 Å². The highest BCUT2D eigenvalue weighted by Gasteiger charge is 2.19. The second-order valence-corrected chi connectivity index (χ2v) is 6.26. The molecule has 0 saturated carbocycles. The van der Waals surface area contributed by atoms with Gasteiger partial charge in [0, 0.05) is 11.7 Å². The minimum atomic E-state index is 0.433. The zero-order valence-corrected chi connectivity index (χ0v) is 13.5. The van der Waals surface area contributed by atoms with Crippen LogP contribution in [0.25, 0.3) is 11.0 Å². The average molecular weight is 274 g/mol. The van der Waals surface area contributed by atoms with Crippen LogP contribution in [0.15, 0.2) is 0 Å². The topological polar surface area (TPSA) is 56.7 Å².